The number of urea groups is 1. The average Bonchev–Trinajstić information content (AvgIpc) is 3.28. The van der Waals surface area contributed by atoms with Crippen molar-refractivity contribution in [1.82, 2.24) is 5.32 Å². The van der Waals surface area contributed by atoms with Crippen molar-refractivity contribution in [2.45, 2.75) is 18.6 Å². The Morgan fingerprint density at radius 3 is 2.62 bits per heavy atom. The molecule has 0 bridgehead atoms. The molecule has 6 nitrogen and oxygen atoms in total. The van der Waals surface area contributed by atoms with Crippen LogP contribution in [0, 0.1) is 17.1 Å². The molecule has 2 aliphatic rings. The zero-order valence-electron chi connectivity index (χ0n) is 18.5. The molecule has 5 rings (SSSR count). The molecular formula is C25H14Cl2F4N4O2. The lowest BCUT2D eigenvalue weighted by atomic mass is 9.89. The second-order valence-corrected chi connectivity index (χ2v) is 9.30. The summed E-state index contributed by atoms with van der Waals surface area (Å²) in [6, 6.07) is 8.16. The highest BCUT2D eigenvalue weighted by Gasteiger charge is 2.41. The Morgan fingerprint density at radius 1 is 1.16 bits per heavy atom. The molecule has 0 fully saturated rings. The third-order valence-electron chi connectivity index (χ3n) is 6.23. The van der Waals surface area contributed by atoms with Crippen molar-refractivity contribution in [3.63, 3.8) is 0 Å². The van der Waals surface area contributed by atoms with Gasteiger partial charge in [0, 0.05) is 27.7 Å². The van der Waals surface area contributed by atoms with E-state index in [-0.39, 0.29) is 28.9 Å². The average molecular weight is 549 g/mol. The van der Waals surface area contributed by atoms with Crippen molar-refractivity contribution in [2.24, 2.45) is 0 Å². The van der Waals surface area contributed by atoms with Gasteiger partial charge >= 0.3 is 12.2 Å². The van der Waals surface area contributed by atoms with Gasteiger partial charge in [0.2, 0.25) is 0 Å². The van der Waals surface area contributed by atoms with E-state index in [0.29, 0.717) is 46.0 Å². The van der Waals surface area contributed by atoms with Crippen molar-refractivity contribution in [3.05, 3.63) is 91.7 Å². The SMILES string of the molecule is N#Cc1cc(NC(=O)c2cc(F)cc(C(F)(F)F)c2)c2c3c1CCN3C(=O)N[C@@H]2c1cc(Cl)ccc1Cl. The van der Waals surface area contributed by atoms with Crippen LogP contribution in [0.15, 0.2) is 42.5 Å². The van der Waals surface area contributed by atoms with Gasteiger partial charge in [0.05, 0.1) is 34.6 Å². The summed E-state index contributed by atoms with van der Waals surface area (Å²) in [5, 5.41) is 15.7. The van der Waals surface area contributed by atoms with Crippen LogP contribution < -0.4 is 15.5 Å². The number of benzene rings is 3. The molecular weight excluding hydrogens is 535 g/mol. The zero-order chi connectivity index (χ0) is 26.6. The van der Waals surface area contributed by atoms with Crippen LogP contribution in [0.4, 0.5) is 33.7 Å². The first kappa shape index (κ1) is 24.9. The van der Waals surface area contributed by atoms with Crippen molar-refractivity contribution < 1.29 is 27.2 Å². The number of halogens is 6. The third-order valence-corrected chi connectivity index (χ3v) is 6.81. The quantitative estimate of drug-likeness (QED) is 0.369. The Balaban J connectivity index is 1.68. The summed E-state index contributed by atoms with van der Waals surface area (Å²) < 4.78 is 53.6. The minimum atomic E-state index is -4.87. The maximum Gasteiger partial charge on any atom is 0.416 e. The van der Waals surface area contributed by atoms with Gasteiger partial charge in [0.25, 0.3) is 5.91 Å². The van der Waals surface area contributed by atoms with Gasteiger partial charge in [-0.2, -0.15) is 18.4 Å². The Bertz CT molecular complexity index is 1530. The van der Waals surface area contributed by atoms with Crippen molar-refractivity contribution in [2.75, 3.05) is 16.8 Å². The number of hydrogen-bond acceptors (Lipinski definition) is 3. The molecule has 37 heavy (non-hydrogen) atoms. The Morgan fingerprint density at radius 2 is 1.92 bits per heavy atom. The minimum Gasteiger partial charge on any atom is -0.327 e. The highest BCUT2D eigenvalue weighted by atomic mass is 35.5. The first-order valence-electron chi connectivity index (χ1n) is 10.8. The third kappa shape index (κ3) is 4.34. The summed E-state index contributed by atoms with van der Waals surface area (Å²) in [4.78, 5) is 27.4. The number of nitrogens with zero attached hydrogens (tertiary/aromatic N) is 2. The van der Waals surface area contributed by atoms with E-state index in [9.17, 15) is 32.4 Å². The fraction of sp³-hybridized carbons (Fsp3) is 0.160. The van der Waals surface area contributed by atoms with Crippen LogP contribution in [0.25, 0.3) is 0 Å². The normalized spacial score (nSPS) is 16.2. The Kier molecular flexibility index (Phi) is 6.01. The Labute approximate surface area is 217 Å². The van der Waals surface area contributed by atoms with Crippen LogP contribution in [-0.2, 0) is 12.6 Å². The predicted molar refractivity (Wildman–Crippen MR) is 128 cm³/mol. The smallest absolute Gasteiger partial charge is 0.327 e. The van der Waals surface area contributed by atoms with Crippen LogP contribution in [0.1, 0.15) is 44.2 Å². The second-order valence-electron chi connectivity index (χ2n) is 8.45. The highest BCUT2D eigenvalue weighted by Crippen LogP contribution is 2.48. The topological polar surface area (TPSA) is 85.2 Å². The van der Waals surface area contributed by atoms with Gasteiger partial charge in [-0.05, 0) is 60.0 Å². The summed E-state index contributed by atoms with van der Waals surface area (Å²) in [6.07, 6.45) is -4.49. The monoisotopic (exact) mass is 548 g/mol. The van der Waals surface area contributed by atoms with E-state index in [1.807, 2.05) is 6.07 Å². The van der Waals surface area contributed by atoms with E-state index in [1.165, 1.54) is 23.1 Å². The molecule has 188 valence electrons. The van der Waals surface area contributed by atoms with Crippen LogP contribution >= 0.6 is 23.2 Å². The molecule has 2 heterocycles. The maximum absolute atomic E-state index is 14.0. The molecule has 0 radical (unpaired) electrons. The van der Waals surface area contributed by atoms with E-state index in [2.05, 4.69) is 10.6 Å². The molecule has 0 aromatic heterocycles. The molecule has 3 aromatic carbocycles. The van der Waals surface area contributed by atoms with Gasteiger partial charge in [0.1, 0.15) is 5.82 Å². The lowest BCUT2D eigenvalue weighted by Gasteiger charge is -2.35. The van der Waals surface area contributed by atoms with E-state index < -0.39 is 41.1 Å². The molecule has 0 spiro atoms. The molecule has 0 saturated carbocycles. The van der Waals surface area contributed by atoms with E-state index in [4.69, 9.17) is 23.2 Å². The number of nitrogens with one attached hydrogen (secondary N) is 2. The molecule has 2 N–H and O–H groups in total. The number of amides is 3. The standard InChI is InChI=1S/C25H14Cl2F4N4O2/c26-14-1-2-18(27)17(9-14)21-20-19(7-12(10-32)16-3-4-35(22(16)20)24(37)34-21)33-23(36)11-5-13(25(29,30)31)8-15(28)6-11/h1-2,5-9,21H,3-4H2,(H,33,36)(H,34,37)/t21-/m1/s1. The number of alkyl halides is 3. The van der Waals surface area contributed by atoms with Gasteiger partial charge in [-0.15, -0.1) is 0 Å². The van der Waals surface area contributed by atoms with Gasteiger partial charge in [-0.1, -0.05) is 23.2 Å². The molecule has 3 aromatic rings. The number of nitriles is 1. The van der Waals surface area contributed by atoms with Gasteiger partial charge in [-0.3, -0.25) is 9.69 Å². The lowest BCUT2D eigenvalue weighted by molar-refractivity contribution is -0.137. The molecule has 1 atom stereocenters. The molecule has 2 aliphatic heterocycles. The predicted octanol–water partition coefficient (Wildman–Crippen LogP) is 6.45. The van der Waals surface area contributed by atoms with Crippen LogP contribution in [0.2, 0.25) is 10.0 Å². The summed E-state index contributed by atoms with van der Waals surface area (Å²) >= 11 is 12.6. The minimum absolute atomic E-state index is 0.0473. The summed E-state index contributed by atoms with van der Waals surface area (Å²) in [6.45, 7) is 0.273. The van der Waals surface area contributed by atoms with Crippen molar-refractivity contribution in [1.29, 1.82) is 5.26 Å². The highest BCUT2D eigenvalue weighted by molar-refractivity contribution is 6.33. The van der Waals surface area contributed by atoms with Crippen molar-refractivity contribution >= 4 is 46.5 Å². The number of carbonyl (C=O) groups is 2. The van der Waals surface area contributed by atoms with Gasteiger partial charge < -0.3 is 10.6 Å². The number of carbonyl (C=O) groups excluding carboxylic acids is 2. The van der Waals surface area contributed by atoms with Crippen LogP contribution in [0.5, 0.6) is 0 Å². The van der Waals surface area contributed by atoms with Gasteiger partial charge in [0.15, 0.2) is 0 Å². The molecule has 0 unspecified atom stereocenters. The van der Waals surface area contributed by atoms with Crippen LogP contribution in [0.3, 0.4) is 0 Å². The first-order chi connectivity index (χ1) is 17.5. The van der Waals surface area contributed by atoms with E-state index >= 15 is 0 Å². The second kappa shape index (κ2) is 8.94. The fourth-order valence-corrected chi connectivity index (χ4v) is 5.05. The maximum atomic E-state index is 14.0. The van der Waals surface area contributed by atoms with Crippen LogP contribution in [-0.4, -0.2) is 18.5 Å². The van der Waals surface area contributed by atoms with Gasteiger partial charge in [-0.25, -0.2) is 9.18 Å². The zero-order valence-corrected chi connectivity index (χ0v) is 20.0. The number of hydrogen-bond donors (Lipinski definition) is 2. The molecule has 0 saturated heterocycles. The molecule has 3 amide bonds. The first-order valence-corrected chi connectivity index (χ1v) is 11.6. The largest absolute Gasteiger partial charge is 0.416 e. The lowest BCUT2D eigenvalue weighted by Crippen LogP contribution is -2.46. The Hall–Kier alpha value is -3.81. The summed E-state index contributed by atoms with van der Waals surface area (Å²) in [5.41, 5.74) is 0.0781. The molecule has 12 heteroatoms. The fourth-order valence-electron chi connectivity index (χ4n) is 4.64. The van der Waals surface area contributed by atoms with Crippen molar-refractivity contribution in [3.8, 4) is 6.07 Å². The summed E-state index contributed by atoms with van der Waals surface area (Å²) in [5.74, 6) is -2.28. The number of anilines is 2. The molecule has 0 aliphatic carbocycles. The summed E-state index contributed by atoms with van der Waals surface area (Å²) in [7, 11) is 0. The number of rotatable bonds is 3. The van der Waals surface area contributed by atoms with E-state index in [1.54, 1.807) is 6.07 Å². The van der Waals surface area contributed by atoms with E-state index in [0.717, 1.165) is 0 Å².